The van der Waals surface area contributed by atoms with E-state index in [1.165, 1.54) is 6.92 Å². The molecule has 1 N–H and O–H groups in total. The van der Waals surface area contributed by atoms with E-state index < -0.39 is 0 Å². The van der Waals surface area contributed by atoms with Crippen LogP contribution in [0.1, 0.15) is 47.0 Å². The quantitative estimate of drug-likeness (QED) is 0.797. The number of carbonyl (C=O) groups excluding carboxylic acids is 2. The van der Waals surface area contributed by atoms with E-state index in [4.69, 9.17) is 4.52 Å². The molecule has 1 heterocycles. The fourth-order valence-corrected chi connectivity index (χ4v) is 2.44. The number of rotatable bonds is 7. The van der Waals surface area contributed by atoms with Crippen molar-refractivity contribution >= 4 is 17.7 Å². The maximum atomic E-state index is 11.2. The van der Waals surface area contributed by atoms with E-state index in [2.05, 4.69) is 24.3 Å². The molecule has 0 fully saturated rings. The number of hydrogen-bond acceptors (Lipinski definition) is 4. The third-order valence-electron chi connectivity index (χ3n) is 3.59. The average Bonchev–Trinajstić information content (AvgIpc) is 3.09. The van der Waals surface area contributed by atoms with Gasteiger partial charge in [0.25, 0.3) is 0 Å². The van der Waals surface area contributed by atoms with Gasteiger partial charge in [-0.25, -0.2) is 0 Å². The largest absolute Gasteiger partial charge is 0.343 e. The minimum atomic E-state index is -0.177. The summed E-state index contributed by atoms with van der Waals surface area (Å²) in [5.74, 6) is 0.492. The van der Waals surface area contributed by atoms with Gasteiger partial charge in [-0.2, -0.15) is 0 Å². The highest BCUT2D eigenvalue weighted by Gasteiger charge is 2.10. The van der Waals surface area contributed by atoms with E-state index in [1.54, 1.807) is 6.20 Å². The highest BCUT2D eigenvalue weighted by molar-refractivity contribution is 5.91. The number of hydrogen-bond donors (Lipinski definition) is 1. The number of nitrogens with one attached hydrogen (secondary N) is 1. The summed E-state index contributed by atoms with van der Waals surface area (Å²) < 4.78 is 4.95. The molecule has 1 aromatic heterocycles. The highest BCUT2D eigenvalue weighted by Crippen LogP contribution is 2.27. The molecule has 2 rings (SSSR count). The van der Waals surface area contributed by atoms with Gasteiger partial charge in [-0.1, -0.05) is 56.3 Å². The van der Waals surface area contributed by atoms with Gasteiger partial charge in [-0.15, -0.1) is 0 Å². The second kappa shape index (κ2) is 11.8. The maximum absolute atomic E-state index is 11.2. The molecule has 0 aliphatic heterocycles. The first kappa shape index (κ1) is 21.4. The van der Waals surface area contributed by atoms with Crippen LogP contribution in [0.4, 0.5) is 5.88 Å². The van der Waals surface area contributed by atoms with Crippen LogP contribution in [0.5, 0.6) is 0 Å². The van der Waals surface area contributed by atoms with Crippen LogP contribution in [0.15, 0.2) is 41.1 Å². The van der Waals surface area contributed by atoms with E-state index in [0.717, 1.165) is 37.1 Å². The molecule has 0 unspecified atom stereocenters. The standard InChI is InChI=1S/C11H10N2O2.C9H19NO/c1-8(14)13-11-10(7-12-15-11)9-5-3-2-4-6-9;1-4-7-10(8-5-2)9(11)6-3/h2-7H,1H3,(H,13,14);4-8H2,1-3H3. The topological polar surface area (TPSA) is 75.4 Å². The molecular formula is C20H29N3O3. The van der Waals surface area contributed by atoms with Crippen LogP contribution in [0.25, 0.3) is 11.1 Å². The molecule has 0 spiro atoms. The van der Waals surface area contributed by atoms with Gasteiger partial charge < -0.3 is 9.42 Å². The Kier molecular flexibility index (Phi) is 9.75. The SMILES string of the molecule is CC(=O)Nc1oncc1-c1ccccc1.CCCN(CCC)C(=O)CC. The first-order chi connectivity index (χ1) is 12.5. The fourth-order valence-electron chi connectivity index (χ4n) is 2.44. The lowest BCUT2D eigenvalue weighted by molar-refractivity contribution is -0.130. The van der Waals surface area contributed by atoms with Gasteiger partial charge in [0.2, 0.25) is 17.7 Å². The molecule has 26 heavy (non-hydrogen) atoms. The zero-order valence-corrected chi connectivity index (χ0v) is 16.1. The molecule has 0 radical (unpaired) electrons. The van der Waals surface area contributed by atoms with Crippen LogP contribution in [-0.4, -0.2) is 35.0 Å². The predicted molar refractivity (Wildman–Crippen MR) is 104 cm³/mol. The first-order valence-corrected chi connectivity index (χ1v) is 9.08. The average molecular weight is 359 g/mol. The second-order valence-corrected chi connectivity index (χ2v) is 5.85. The number of amides is 2. The number of benzene rings is 1. The van der Waals surface area contributed by atoms with E-state index in [0.29, 0.717) is 12.3 Å². The van der Waals surface area contributed by atoms with Gasteiger partial charge in [0, 0.05) is 26.4 Å². The molecule has 0 bridgehead atoms. The molecular weight excluding hydrogens is 330 g/mol. The van der Waals surface area contributed by atoms with E-state index in [-0.39, 0.29) is 11.8 Å². The smallest absolute Gasteiger partial charge is 0.239 e. The molecule has 0 aliphatic carbocycles. The van der Waals surface area contributed by atoms with Crippen LogP contribution in [0.3, 0.4) is 0 Å². The summed E-state index contributed by atoms with van der Waals surface area (Å²) in [5, 5.41) is 6.25. The molecule has 0 aliphatic rings. The van der Waals surface area contributed by atoms with E-state index in [1.807, 2.05) is 42.2 Å². The minimum Gasteiger partial charge on any atom is -0.343 e. The zero-order chi connectivity index (χ0) is 19.4. The summed E-state index contributed by atoms with van der Waals surface area (Å²) in [6.45, 7) is 9.39. The lowest BCUT2D eigenvalue weighted by Crippen LogP contribution is -2.31. The Balaban J connectivity index is 0.000000276. The fraction of sp³-hybridized carbons (Fsp3) is 0.450. The van der Waals surface area contributed by atoms with Gasteiger partial charge in [0.1, 0.15) is 0 Å². The van der Waals surface area contributed by atoms with Gasteiger partial charge in [-0.05, 0) is 18.4 Å². The summed E-state index contributed by atoms with van der Waals surface area (Å²) in [4.78, 5) is 24.1. The Morgan fingerprint density at radius 3 is 2.19 bits per heavy atom. The van der Waals surface area contributed by atoms with Crippen LogP contribution in [-0.2, 0) is 9.59 Å². The molecule has 1 aromatic carbocycles. The van der Waals surface area contributed by atoms with Crippen LogP contribution < -0.4 is 5.32 Å². The molecule has 2 amide bonds. The summed E-state index contributed by atoms with van der Waals surface area (Å²) in [7, 11) is 0. The highest BCUT2D eigenvalue weighted by atomic mass is 16.5. The molecule has 6 heteroatoms. The van der Waals surface area contributed by atoms with Gasteiger partial charge in [0.15, 0.2) is 0 Å². The third kappa shape index (κ3) is 7.09. The first-order valence-electron chi connectivity index (χ1n) is 9.08. The molecule has 142 valence electrons. The Morgan fingerprint density at radius 1 is 1.08 bits per heavy atom. The van der Waals surface area contributed by atoms with Crippen LogP contribution in [0.2, 0.25) is 0 Å². The normalized spacial score (nSPS) is 9.85. The van der Waals surface area contributed by atoms with Gasteiger partial charge >= 0.3 is 0 Å². The van der Waals surface area contributed by atoms with Crippen molar-refractivity contribution in [3.8, 4) is 11.1 Å². The van der Waals surface area contributed by atoms with Crippen molar-refractivity contribution in [3.05, 3.63) is 36.5 Å². The van der Waals surface area contributed by atoms with E-state index in [9.17, 15) is 9.59 Å². The summed E-state index contributed by atoms with van der Waals surface area (Å²) >= 11 is 0. The van der Waals surface area contributed by atoms with Crippen LogP contribution >= 0.6 is 0 Å². The Morgan fingerprint density at radius 2 is 1.69 bits per heavy atom. The van der Waals surface area contributed by atoms with E-state index >= 15 is 0 Å². The molecule has 0 atom stereocenters. The predicted octanol–water partition coefficient (Wildman–Crippen LogP) is 4.35. The van der Waals surface area contributed by atoms with Gasteiger partial charge in [0.05, 0.1) is 11.8 Å². The van der Waals surface area contributed by atoms with Crippen molar-refractivity contribution in [2.75, 3.05) is 18.4 Å². The van der Waals surface area contributed by atoms with Crippen molar-refractivity contribution < 1.29 is 14.1 Å². The van der Waals surface area contributed by atoms with Crippen molar-refractivity contribution in [1.82, 2.24) is 10.1 Å². The monoisotopic (exact) mass is 359 g/mol. The van der Waals surface area contributed by atoms with Crippen molar-refractivity contribution in [1.29, 1.82) is 0 Å². The number of carbonyl (C=O) groups is 2. The van der Waals surface area contributed by atoms with Gasteiger partial charge in [-0.3, -0.25) is 14.9 Å². The number of aromatic nitrogens is 1. The third-order valence-corrected chi connectivity index (χ3v) is 3.59. The summed E-state index contributed by atoms with van der Waals surface area (Å²) in [6.07, 6.45) is 4.35. The number of anilines is 1. The summed E-state index contributed by atoms with van der Waals surface area (Å²) in [5.41, 5.74) is 1.74. The minimum absolute atomic E-state index is 0.177. The maximum Gasteiger partial charge on any atom is 0.239 e. The Hall–Kier alpha value is -2.63. The summed E-state index contributed by atoms with van der Waals surface area (Å²) in [6, 6.07) is 9.62. The lowest BCUT2D eigenvalue weighted by Gasteiger charge is -2.20. The molecule has 2 aromatic rings. The van der Waals surface area contributed by atoms with Crippen LogP contribution in [0, 0.1) is 0 Å². The Bertz CT molecular complexity index is 662. The van der Waals surface area contributed by atoms with Crippen molar-refractivity contribution in [3.63, 3.8) is 0 Å². The Labute approximate surface area is 155 Å². The van der Waals surface area contributed by atoms with Crippen molar-refractivity contribution in [2.45, 2.75) is 47.0 Å². The lowest BCUT2D eigenvalue weighted by atomic mass is 10.1. The zero-order valence-electron chi connectivity index (χ0n) is 16.1. The number of nitrogens with zero attached hydrogens (tertiary/aromatic N) is 2. The molecule has 0 saturated heterocycles. The molecule has 0 saturated carbocycles. The second-order valence-electron chi connectivity index (χ2n) is 5.85. The van der Waals surface area contributed by atoms with Crippen molar-refractivity contribution in [2.24, 2.45) is 0 Å². The molecule has 6 nitrogen and oxygen atoms in total.